The zero-order chi connectivity index (χ0) is 9.19. The van der Waals surface area contributed by atoms with Crippen molar-refractivity contribution in [2.45, 2.75) is 19.3 Å². The molecule has 1 rings (SSSR count). The fraction of sp³-hybridized carbons (Fsp3) is 0.333. The average molecular weight is 168 g/mol. The maximum atomic E-state index is 8.76. The van der Waals surface area contributed by atoms with E-state index in [4.69, 9.17) is 15.3 Å². The Bertz CT molecular complexity index is 245. The molecule has 0 atom stereocenters. The number of aryl methyl sites for hydroxylation is 1. The summed E-state index contributed by atoms with van der Waals surface area (Å²) in [6.45, 7) is 2.00. The van der Waals surface area contributed by atoms with Crippen molar-refractivity contribution in [1.82, 2.24) is 0 Å². The molecule has 0 unspecified atom stereocenters. The number of benzene rings is 1. The highest BCUT2D eigenvalue weighted by atomic mass is 16.7. The Morgan fingerprint density at radius 2 is 1.58 bits per heavy atom. The molecule has 0 aliphatic rings. The van der Waals surface area contributed by atoms with E-state index in [1.54, 1.807) is 12.1 Å². The molecule has 0 aliphatic carbocycles. The van der Waals surface area contributed by atoms with E-state index in [0.29, 0.717) is 0 Å². The summed E-state index contributed by atoms with van der Waals surface area (Å²) in [5, 5.41) is 26.3. The maximum absolute atomic E-state index is 8.76. The Labute approximate surface area is 70.9 Å². The molecule has 1 aromatic carbocycles. The van der Waals surface area contributed by atoms with Crippen LogP contribution < -0.4 is 0 Å². The molecule has 0 amide bonds. The Balaban J connectivity index is 2.93. The van der Waals surface area contributed by atoms with Crippen molar-refractivity contribution < 1.29 is 15.3 Å². The Morgan fingerprint density at radius 3 is 1.92 bits per heavy atom. The number of rotatable bonds is 2. The summed E-state index contributed by atoms with van der Waals surface area (Å²) in [5.74, 6) is -2.72. The van der Waals surface area contributed by atoms with E-state index in [0.717, 1.165) is 12.0 Å². The van der Waals surface area contributed by atoms with Crippen LogP contribution in [0.4, 0.5) is 0 Å². The van der Waals surface area contributed by atoms with Crippen LogP contribution in [0.5, 0.6) is 0 Å². The van der Waals surface area contributed by atoms with Crippen molar-refractivity contribution in [3.8, 4) is 0 Å². The minimum Gasteiger partial charge on any atom is -0.340 e. The van der Waals surface area contributed by atoms with Gasteiger partial charge in [0.05, 0.1) is 0 Å². The van der Waals surface area contributed by atoms with Gasteiger partial charge in [0.15, 0.2) is 0 Å². The second-order valence-corrected chi connectivity index (χ2v) is 2.69. The van der Waals surface area contributed by atoms with Gasteiger partial charge in [0.1, 0.15) is 0 Å². The minimum atomic E-state index is -2.72. The zero-order valence-corrected chi connectivity index (χ0v) is 6.86. The maximum Gasteiger partial charge on any atom is 0.304 e. The number of aliphatic hydroxyl groups is 3. The smallest absolute Gasteiger partial charge is 0.304 e. The third kappa shape index (κ3) is 2.04. The first-order chi connectivity index (χ1) is 5.54. The van der Waals surface area contributed by atoms with Crippen LogP contribution in [0.15, 0.2) is 24.3 Å². The quantitative estimate of drug-likeness (QED) is 0.558. The molecule has 0 spiro atoms. The summed E-state index contributed by atoms with van der Waals surface area (Å²) in [5.41, 5.74) is 1.17. The van der Waals surface area contributed by atoms with Crippen molar-refractivity contribution in [2.24, 2.45) is 0 Å². The largest absolute Gasteiger partial charge is 0.340 e. The molecule has 66 valence electrons. The van der Waals surface area contributed by atoms with Crippen LogP contribution in [0.1, 0.15) is 18.1 Å². The Morgan fingerprint density at radius 1 is 1.08 bits per heavy atom. The van der Waals surface area contributed by atoms with Crippen LogP contribution in [0.25, 0.3) is 0 Å². The lowest BCUT2D eigenvalue weighted by molar-refractivity contribution is -0.323. The van der Waals surface area contributed by atoms with Crippen LogP contribution >= 0.6 is 0 Å². The second kappa shape index (κ2) is 3.23. The summed E-state index contributed by atoms with van der Waals surface area (Å²) in [7, 11) is 0. The molecule has 0 bridgehead atoms. The van der Waals surface area contributed by atoms with Gasteiger partial charge in [0.25, 0.3) is 0 Å². The lowest BCUT2D eigenvalue weighted by Gasteiger charge is -2.13. The van der Waals surface area contributed by atoms with E-state index in [9.17, 15) is 0 Å². The van der Waals surface area contributed by atoms with Gasteiger partial charge in [-0.15, -0.1) is 0 Å². The Hall–Kier alpha value is -0.900. The fourth-order valence-corrected chi connectivity index (χ4v) is 0.964. The van der Waals surface area contributed by atoms with Gasteiger partial charge in [0.2, 0.25) is 0 Å². The summed E-state index contributed by atoms with van der Waals surface area (Å²) < 4.78 is 0. The highest BCUT2D eigenvalue weighted by Gasteiger charge is 2.20. The molecule has 0 radical (unpaired) electrons. The summed E-state index contributed by atoms with van der Waals surface area (Å²) in [6.07, 6.45) is 0.884. The van der Waals surface area contributed by atoms with Crippen molar-refractivity contribution in [2.75, 3.05) is 0 Å². The number of hydrogen-bond acceptors (Lipinski definition) is 3. The molecular weight excluding hydrogens is 156 g/mol. The summed E-state index contributed by atoms with van der Waals surface area (Å²) in [6, 6.07) is 6.46. The van der Waals surface area contributed by atoms with E-state index in [-0.39, 0.29) is 5.56 Å². The minimum absolute atomic E-state index is 0.0831. The van der Waals surface area contributed by atoms with Gasteiger partial charge in [-0.1, -0.05) is 31.2 Å². The standard InChI is InChI=1S/C9H12O3/c1-2-7-3-5-8(6-4-7)9(10,11)12/h3-6,10-12H,2H2,1H3. The van der Waals surface area contributed by atoms with Gasteiger partial charge in [0, 0.05) is 5.56 Å². The highest BCUT2D eigenvalue weighted by Crippen LogP contribution is 2.14. The molecule has 3 heteroatoms. The first kappa shape index (κ1) is 9.19. The van der Waals surface area contributed by atoms with E-state index in [1.807, 2.05) is 6.92 Å². The van der Waals surface area contributed by atoms with Gasteiger partial charge in [-0.3, -0.25) is 0 Å². The Kier molecular flexibility index (Phi) is 2.47. The lowest BCUT2D eigenvalue weighted by atomic mass is 10.1. The van der Waals surface area contributed by atoms with Crippen LogP contribution in [0, 0.1) is 0 Å². The van der Waals surface area contributed by atoms with Crippen LogP contribution in [0.2, 0.25) is 0 Å². The molecule has 0 aromatic heterocycles. The van der Waals surface area contributed by atoms with Gasteiger partial charge >= 0.3 is 5.97 Å². The predicted octanol–water partition coefficient (Wildman–Crippen LogP) is 0.336. The molecule has 0 aliphatic heterocycles. The highest BCUT2D eigenvalue weighted by molar-refractivity contribution is 5.24. The zero-order valence-electron chi connectivity index (χ0n) is 6.86. The van der Waals surface area contributed by atoms with E-state index < -0.39 is 5.97 Å². The molecule has 3 N–H and O–H groups in total. The van der Waals surface area contributed by atoms with E-state index >= 15 is 0 Å². The molecule has 0 saturated carbocycles. The molecule has 3 nitrogen and oxygen atoms in total. The third-order valence-corrected chi connectivity index (χ3v) is 1.75. The molecule has 1 aromatic rings. The topological polar surface area (TPSA) is 60.7 Å². The average Bonchev–Trinajstić information content (AvgIpc) is 2.03. The first-order valence-electron chi connectivity index (χ1n) is 3.80. The summed E-state index contributed by atoms with van der Waals surface area (Å²) in [4.78, 5) is 0. The molecule has 12 heavy (non-hydrogen) atoms. The van der Waals surface area contributed by atoms with Gasteiger partial charge in [-0.25, -0.2) is 0 Å². The molecule has 0 heterocycles. The number of hydrogen-bond donors (Lipinski definition) is 3. The van der Waals surface area contributed by atoms with Gasteiger partial charge < -0.3 is 15.3 Å². The van der Waals surface area contributed by atoms with Crippen LogP contribution in [0.3, 0.4) is 0 Å². The normalized spacial score (nSPS) is 11.7. The monoisotopic (exact) mass is 168 g/mol. The SMILES string of the molecule is CCc1ccc(C(O)(O)O)cc1. The molecular formula is C9H12O3. The molecule has 0 saturated heterocycles. The predicted molar refractivity (Wildman–Crippen MR) is 44.2 cm³/mol. The third-order valence-electron chi connectivity index (χ3n) is 1.75. The van der Waals surface area contributed by atoms with Crippen molar-refractivity contribution in [3.05, 3.63) is 35.4 Å². The van der Waals surface area contributed by atoms with E-state index in [2.05, 4.69) is 0 Å². The van der Waals surface area contributed by atoms with Gasteiger partial charge in [-0.2, -0.15) is 0 Å². The first-order valence-corrected chi connectivity index (χ1v) is 3.80. The van der Waals surface area contributed by atoms with Crippen molar-refractivity contribution in [1.29, 1.82) is 0 Å². The summed E-state index contributed by atoms with van der Waals surface area (Å²) >= 11 is 0. The lowest BCUT2D eigenvalue weighted by Crippen LogP contribution is -2.23. The van der Waals surface area contributed by atoms with E-state index in [1.165, 1.54) is 12.1 Å². The fourth-order valence-electron chi connectivity index (χ4n) is 0.964. The van der Waals surface area contributed by atoms with Crippen LogP contribution in [-0.2, 0) is 12.4 Å². The van der Waals surface area contributed by atoms with Crippen LogP contribution in [-0.4, -0.2) is 15.3 Å². The second-order valence-electron chi connectivity index (χ2n) is 2.69. The van der Waals surface area contributed by atoms with Crippen molar-refractivity contribution in [3.63, 3.8) is 0 Å². The van der Waals surface area contributed by atoms with Crippen molar-refractivity contribution >= 4 is 0 Å². The van der Waals surface area contributed by atoms with Gasteiger partial charge in [-0.05, 0) is 12.0 Å². The molecule has 0 fully saturated rings.